The molecule has 0 unspecified atom stereocenters. The van der Waals surface area contributed by atoms with Crippen molar-refractivity contribution in [3.8, 4) is 5.75 Å². The van der Waals surface area contributed by atoms with Crippen LogP contribution < -0.4 is 15.0 Å². The minimum atomic E-state index is 0.782. The summed E-state index contributed by atoms with van der Waals surface area (Å²) in [6.45, 7) is 4.97. The molecule has 0 amide bonds. The van der Waals surface area contributed by atoms with E-state index in [0.717, 1.165) is 55.8 Å². The summed E-state index contributed by atoms with van der Waals surface area (Å²) in [5, 5.41) is 3.33. The summed E-state index contributed by atoms with van der Waals surface area (Å²) in [6.07, 6.45) is 1.62. The quantitative estimate of drug-likeness (QED) is 0.711. The number of methoxy groups -OCH3 is 1. The van der Waals surface area contributed by atoms with Crippen molar-refractivity contribution in [2.75, 3.05) is 43.5 Å². The van der Waals surface area contributed by atoms with Gasteiger partial charge in [0.1, 0.15) is 23.7 Å². The highest BCUT2D eigenvalue weighted by molar-refractivity contribution is 5.60. The molecule has 0 bridgehead atoms. The van der Waals surface area contributed by atoms with Crippen molar-refractivity contribution in [3.05, 3.63) is 72.6 Å². The number of aromatic nitrogens is 2. The third-order valence-electron chi connectivity index (χ3n) is 4.94. The van der Waals surface area contributed by atoms with Crippen LogP contribution in [0, 0.1) is 0 Å². The van der Waals surface area contributed by atoms with Crippen LogP contribution in [0.25, 0.3) is 0 Å². The van der Waals surface area contributed by atoms with Gasteiger partial charge in [-0.2, -0.15) is 0 Å². The maximum Gasteiger partial charge on any atom is 0.135 e. The second kappa shape index (κ2) is 8.71. The highest BCUT2D eigenvalue weighted by Crippen LogP contribution is 2.22. The topological polar surface area (TPSA) is 53.5 Å². The van der Waals surface area contributed by atoms with Gasteiger partial charge in [-0.15, -0.1) is 0 Å². The fourth-order valence-electron chi connectivity index (χ4n) is 3.41. The van der Waals surface area contributed by atoms with Gasteiger partial charge >= 0.3 is 0 Å². The Hall–Kier alpha value is -3.12. The van der Waals surface area contributed by atoms with Crippen molar-refractivity contribution < 1.29 is 4.74 Å². The van der Waals surface area contributed by atoms with Crippen LogP contribution in [0.15, 0.2) is 67.0 Å². The van der Waals surface area contributed by atoms with Gasteiger partial charge in [0, 0.05) is 50.5 Å². The lowest BCUT2D eigenvalue weighted by Gasteiger charge is -2.35. The number of hydrogen-bond acceptors (Lipinski definition) is 6. The first-order valence-corrected chi connectivity index (χ1v) is 9.54. The summed E-state index contributed by atoms with van der Waals surface area (Å²) in [7, 11) is 1.67. The van der Waals surface area contributed by atoms with Gasteiger partial charge in [-0.3, -0.25) is 4.90 Å². The van der Waals surface area contributed by atoms with E-state index in [1.54, 1.807) is 13.4 Å². The number of nitrogens with one attached hydrogen (secondary N) is 1. The molecule has 4 rings (SSSR count). The van der Waals surface area contributed by atoms with Gasteiger partial charge in [0.05, 0.1) is 7.11 Å². The molecule has 2 aromatic carbocycles. The highest BCUT2D eigenvalue weighted by Gasteiger charge is 2.18. The van der Waals surface area contributed by atoms with Crippen molar-refractivity contribution in [1.82, 2.24) is 14.9 Å². The molecule has 1 fully saturated rings. The molecule has 0 saturated carbocycles. The monoisotopic (exact) mass is 375 g/mol. The summed E-state index contributed by atoms with van der Waals surface area (Å²) >= 11 is 0. The summed E-state index contributed by atoms with van der Waals surface area (Å²) in [6, 6.07) is 20.5. The number of hydrogen-bond donors (Lipinski definition) is 1. The van der Waals surface area contributed by atoms with Crippen molar-refractivity contribution in [2.24, 2.45) is 0 Å². The molecule has 28 heavy (non-hydrogen) atoms. The molecule has 144 valence electrons. The van der Waals surface area contributed by atoms with Crippen molar-refractivity contribution in [1.29, 1.82) is 0 Å². The predicted molar refractivity (Wildman–Crippen MR) is 112 cm³/mol. The first kappa shape index (κ1) is 18.3. The molecule has 1 aliphatic heterocycles. The average molecular weight is 375 g/mol. The van der Waals surface area contributed by atoms with Gasteiger partial charge in [-0.1, -0.05) is 36.4 Å². The van der Waals surface area contributed by atoms with Crippen LogP contribution in [0.5, 0.6) is 5.75 Å². The number of benzene rings is 2. The third-order valence-corrected chi connectivity index (χ3v) is 4.94. The average Bonchev–Trinajstić information content (AvgIpc) is 2.75. The molecule has 2 heterocycles. The van der Waals surface area contributed by atoms with Gasteiger partial charge in [0.15, 0.2) is 0 Å². The Morgan fingerprint density at radius 3 is 2.54 bits per heavy atom. The number of ether oxygens (including phenoxy) is 1. The number of piperazine rings is 1. The van der Waals surface area contributed by atoms with Crippen LogP contribution in [0.3, 0.4) is 0 Å². The lowest BCUT2D eigenvalue weighted by molar-refractivity contribution is 0.249. The lowest BCUT2D eigenvalue weighted by atomic mass is 10.2. The van der Waals surface area contributed by atoms with Crippen molar-refractivity contribution in [2.45, 2.75) is 6.54 Å². The van der Waals surface area contributed by atoms with Crippen molar-refractivity contribution >= 4 is 17.3 Å². The Morgan fingerprint density at radius 2 is 1.75 bits per heavy atom. The Balaban J connectivity index is 1.37. The molecule has 3 aromatic rings. The molecule has 6 heteroatoms. The summed E-state index contributed by atoms with van der Waals surface area (Å²) in [5.41, 5.74) is 2.31. The van der Waals surface area contributed by atoms with E-state index in [1.165, 1.54) is 5.56 Å². The summed E-state index contributed by atoms with van der Waals surface area (Å²) in [5.74, 6) is 2.55. The SMILES string of the molecule is COc1cccc(Nc2cc(N3CCN(Cc4ccccc4)CC3)ncn2)c1. The smallest absolute Gasteiger partial charge is 0.135 e. The number of rotatable bonds is 6. The first-order valence-electron chi connectivity index (χ1n) is 9.54. The van der Waals surface area contributed by atoms with E-state index in [1.807, 2.05) is 30.3 Å². The van der Waals surface area contributed by atoms with E-state index >= 15 is 0 Å². The number of nitrogens with zero attached hydrogens (tertiary/aromatic N) is 4. The molecule has 0 radical (unpaired) electrons. The molecular weight excluding hydrogens is 350 g/mol. The standard InChI is InChI=1S/C22H25N5O/c1-28-20-9-5-8-19(14-20)25-21-15-22(24-17-23-21)27-12-10-26(11-13-27)16-18-6-3-2-4-7-18/h2-9,14-15,17H,10-13,16H2,1H3,(H,23,24,25). The van der Waals surface area contributed by atoms with Gasteiger partial charge in [0.25, 0.3) is 0 Å². The van der Waals surface area contributed by atoms with Gasteiger partial charge < -0.3 is 15.0 Å². The largest absolute Gasteiger partial charge is 0.497 e. The van der Waals surface area contributed by atoms with Gasteiger partial charge in [0.2, 0.25) is 0 Å². The van der Waals surface area contributed by atoms with Gasteiger partial charge in [-0.05, 0) is 17.7 Å². The molecule has 0 aliphatic carbocycles. The van der Waals surface area contributed by atoms with Crippen LogP contribution in [-0.2, 0) is 6.54 Å². The summed E-state index contributed by atoms with van der Waals surface area (Å²) < 4.78 is 5.28. The van der Waals surface area contributed by atoms with E-state index in [2.05, 4.69) is 55.4 Å². The van der Waals surface area contributed by atoms with Crippen LogP contribution >= 0.6 is 0 Å². The molecule has 1 aromatic heterocycles. The minimum Gasteiger partial charge on any atom is -0.497 e. The van der Waals surface area contributed by atoms with Crippen LogP contribution in [-0.4, -0.2) is 48.2 Å². The summed E-state index contributed by atoms with van der Waals surface area (Å²) in [4.78, 5) is 13.6. The van der Waals surface area contributed by atoms with E-state index in [-0.39, 0.29) is 0 Å². The maximum absolute atomic E-state index is 5.28. The molecule has 1 aliphatic rings. The molecular formula is C22H25N5O. The minimum absolute atomic E-state index is 0.782. The van der Waals surface area contributed by atoms with Crippen LogP contribution in [0.4, 0.5) is 17.3 Å². The fraction of sp³-hybridized carbons (Fsp3) is 0.273. The number of anilines is 3. The van der Waals surface area contributed by atoms with Gasteiger partial charge in [-0.25, -0.2) is 9.97 Å². The second-order valence-electron chi connectivity index (χ2n) is 6.87. The predicted octanol–water partition coefficient (Wildman–Crippen LogP) is 3.55. The molecule has 1 N–H and O–H groups in total. The highest BCUT2D eigenvalue weighted by atomic mass is 16.5. The second-order valence-corrected chi connectivity index (χ2v) is 6.87. The first-order chi connectivity index (χ1) is 13.8. The van der Waals surface area contributed by atoms with E-state index < -0.39 is 0 Å². The maximum atomic E-state index is 5.28. The zero-order valence-electron chi connectivity index (χ0n) is 16.1. The van der Waals surface area contributed by atoms with E-state index in [9.17, 15) is 0 Å². The molecule has 1 saturated heterocycles. The van der Waals surface area contributed by atoms with E-state index in [0.29, 0.717) is 0 Å². The Bertz CT molecular complexity index is 894. The normalized spacial score (nSPS) is 14.7. The molecule has 6 nitrogen and oxygen atoms in total. The van der Waals surface area contributed by atoms with Crippen molar-refractivity contribution in [3.63, 3.8) is 0 Å². The third kappa shape index (κ3) is 4.58. The lowest BCUT2D eigenvalue weighted by Crippen LogP contribution is -2.46. The van der Waals surface area contributed by atoms with Crippen LogP contribution in [0.2, 0.25) is 0 Å². The Kier molecular flexibility index (Phi) is 5.68. The Labute approximate surface area is 165 Å². The molecule has 0 spiro atoms. The Morgan fingerprint density at radius 1 is 0.929 bits per heavy atom. The fourth-order valence-corrected chi connectivity index (χ4v) is 3.41. The zero-order valence-corrected chi connectivity index (χ0v) is 16.1. The van der Waals surface area contributed by atoms with Crippen LogP contribution in [0.1, 0.15) is 5.56 Å². The van der Waals surface area contributed by atoms with E-state index in [4.69, 9.17) is 4.74 Å². The molecule has 0 atom stereocenters. The zero-order chi connectivity index (χ0) is 19.2.